The predicted molar refractivity (Wildman–Crippen MR) is 120 cm³/mol. The van der Waals surface area contributed by atoms with E-state index in [1.807, 2.05) is 16.9 Å². The maximum atomic E-state index is 13.2. The van der Waals surface area contributed by atoms with E-state index in [0.29, 0.717) is 0 Å². The molecule has 0 saturated carbocycles. The van der Waals surface area contributed by atoms with Crippen LogP contribution in [-0.2, 0) is 24.1 Å². The van der Waals surface area contributed by atoms with Crippen LogP contribution in [0, 0.1) is 5.92 Å². The summed E-state index contributed by atoms with van der Waals surface area (Å²) in [5.41, 5.74) is 6.42. The number of fused-ring (bicyclic) bond motifs is 4. The molecule has 31 heavy (non-hydrogen) atoms. The van der Waals surface area contributed by atoms with Gasteiger partial charge in [0.15, 0.2) is 5.82 Å². The van der Waals surface area contributed by atoms with E-state index in [1.165, 1.54) is 35.2 Å². The highest BCUT2D eigenvalue weighted by Crippen LogP contribution is 2.34. The molecule has 1 amide bonds. The van der Waals surface area contributed by atoms with Gasteiger partial charge in [-0.3, -0.25) is 4.79 Å². The van der Waals surface area contributed by atoms with E-state index in [1.54, 1.807) is 0 Å². The number of aryl methyl sites for hydroxylation is 3. The lowest BCUT2D eigenvalue weighted by Gasteiger charge is -2.34. The molecule has 6 rings (SSSR count). The molecule has 1 aliphatic heterocycles. The first-order chi connectivity index (χ1) is 15.3. The molecular weight excluding hydrogens is 386 g/mol. The number of rotatable bonds is 3. The van der Waals surface area contributed by atoms with Gasteiger partial charge in [0, 0.05) is 31.0 Å². The summed E-state index contributed by atoms with van der Waals surface area (Å²) in [7, 11) is 0. The van der Waals surface area contributed by atoms with E-state index in [2.05, 4.69) is 34.5 Å². The summed E-state index contributed by atoms with van der Waals surface area (Å²) in [5.74, 6) is 1.19. The Morgan fingerprint density at radius 3 is 2.94 bits per heavy atom. The van der Waals surface area contributed by atoms with Gasteiger partial charge in [0.2, 0.25) is 5.91 Å². The quantitative estimate of drug-likeness (QED) is 0.710. The molecule has 3 aliphatic rings. The van der Waals surface area contributed by atoms with E-state index in [4.69, 9.17) is 10.1 Å². The SMILES string of the molecule is O=C(N[C@@H]1CCc2ccccc21)[C@@H]1CCCN(c2nccn3nc4c(c23)CCCC4)C1. The third-order valence-electron chi connectivity index (χ3n) is 7.34. The Morgan fingerprint density at radius 2 is 1.97 bits per heavy atom. The summed E-state index contributed by atoms with van der Waals surface area (Å²) in [6.07, 6.45) is 12.4. The highest BCUT2D eigenvalue weighted by Gasteiger charge is 2.32. The largest absolute Gasteiger partial charge is 0.354 e. The summed E-state index contributed by atoms with van der Waals surface area (Å²) in [6.45, 7) is 1.68. The fourth-order valence-corrected chi connectivity index (χ4v) is 5.76. The molecule has 1 fully saturated rings. The molecule has 1 N–H and O–H groups in total. The van der Waals surface area contributed by atoms with E-state index in [-0.39, 0.29) is 17.9 Å². The van der Waals surface area contributed by atoms with Crippen molar-refractivity contribution in [3.8, 4) is 0 Å². The lowest BCUT2D eigenvalue weighted by atomic mass is 9.95. The average molecular weight is 416 g/mol. The lowest BCUT2D eigenvalue weighted by Crippen LogP contribution is -2.44. The Balaban J connectivity index is 1.23. The van der Waals surface area contributed by atoms with Crippen molar-refractivity contribution in [3.63, 3.8) is 0 Å². The van der Waals surface area contributed by atoms with Crippen molar-refractivity contribution >= 4 is 17.2 Å². The van der Waals surface area contributed by atoms with Crippen LogP contribution in [0.15, 0.2) is 36.7 Å². The number of piperidine rings is 1. The number of hydrogen-bond acceptors (Lipinski definition) is 4. The third kappa shape index (κ3) is 3.29. The number of aromatic nitrogens is 3. The smallest absolute Gasteiger partial charge is 0.225 e. The number of benzene rings is 1. The fourth-order valence-electron chi connectivity index (χ4n) is 5.76. The number of carbonyl (C=O) groups excluding carboxylic acids is 1. The molecule has 1 aromatic carbocycles. The molecule has 1 saturated heterocycles. The van der Waals surface area contributed by atoms with Gasteiger partial charge in [-0.15, -0.1) is 0 Å². The van der Waals surface area contributed by atoms with Crippen LogP contribution in [0.4, 0.5) is 5.82 Å². The van der Waals surface area contributed by atoms with Gasteiger partial charge in [-0.25, -0.2) is 9.50 Å². The summed E-state index contributed by atoms with van der Waals surface area (Å²) in [6, 6.07) is 8.66. The highest BCUT2D eigenvalue weighted by atomic mass is 16.2. The number of nitrogens with one attached hydrogen (secondary N) is 1. The van der Waals surface area contributed by atoms with Gasteiger partial charge in [-0.1, -0.05) is 24.3 Å². The van der Waals surface area contributed by atoms with Crippen LogP contribution < -0.4 is 10.2 Å². The van der Waals surface area contributed by atoms with E-state index in [9.17, 15) is 4.79 Å². The summed E-state index contributed by atoms with van der Waals surface area (Å²) >= 11 is 0. The molecule has 2 aromatic heterocycles. The molecule has 6 heteroatoms. The Hall–Kier alpha value is -2.89. The minimum atomic E-state index is 0.00214. The van der Waals surface area contributed by atoms with Crippen LogP contribution in [0.2, 0.25) is 0 Å². The number of anilines is 1. The highest BCUT2D eigenvalue weighted by molar-refractivity contribution is 5.81. The zero-order chi connectivity index (χ0) is 20.8. The summed E-state index contributed by atoms with van der Waals surface area (Å²) in [5, 5.41) is 8.18. The zero-order valence-corrected chi connectivity index (χ0v) is 17.9. The predicted octanol–water partition coefficient (Wildman–Crippen LogP) is 3.63. The van der Waals surface area contributed by atoms with Gasteiger partial charge in [-0.2, -0.15) is 5.10 Å². The first kappa shape index (κ1) is 18.8. The standard InChI is InChI=1S/C25H29N5O/c31-25(27-21-12-11-17-6-1-2-8-19(17)21)18-7-5-14-29(16-18)24-23-20-9-3-4-10-22(20)28-30(23)15-13-26-24/h1-2,6,8,13,15,18,21H,3-5,7,9-12,14,16H2,(H,27,31)/t18-,21-/m1/s1. The van der Waals surface area contributed by atoms with Crippen molar-refractivity contribution < 1.29 is 4.79 Å². The molecule has 3 heterocycles. The second-order valence-electron chi connectivity index (χ2n) is 9.26. The third-order valence-corrected chi connectivity index (χ3v) is 7.34. The molecule has 160 valence electrons. The van der Waals surface area contributed by atoms with Crippen molar-refractivity contribution in [3.05, 3.63) is 59.0 Å². The molecule has 6 nitrogen and oxygen atoms in total. The molecule has 0 unspecified atom stereocenters. The monoisotopic (exact) mass is 415 g/mol. The number of carbonyl (C=O) groups is 1. The molecular formula is C25H29N5O. The van der Waals surface area contributed by atoms with Gasteiger partial charge in [0.05, 0.1) is 17.7 Å². The van der Waals surface area contributed by atoms with Crippen LogP contribution >= 0.6 is 0 Å². The number of amides is 1. The van der Waals surface area contributed by atoms with Crippen molar-refractivity contribution in [2.45, 2.75) is 57.4 Å². The summed E-state index contributed by atoms with van der Waals surface area (Å²) in [4.78, 5) is 20.3. The van der Waals surface area contributed by atoms with Crippen LogP contribution in [-0.4, -0.2) is 33.6 Å². The first-order valence-corrected chi connectivity index (χ1v) is 11.8. The second-order valence-corrected chi connectivity index (χ2v) is 9.26. The fraction of sp³-hybridized carbons (Fsp3) is 0.480. The van der Waals surface area contributed by atoms with Crippen molar-refractivity contribution in [2.24, 2.45) is 5.92 Å². The normalized spacial score (nSPS) is 22.9. The Kier molecular flexibility index (Phi) is 4.66. The van der Waals surface area contributed by atoms with E-state index in [0.717, 1.165) is 62.9 Å². The van der Waals surface area contributed by atoms with Crippen molar-refractivity contribution in [2.75, 3.05) is 18.0 Å². The summed E-state index contributed by atoms with van der Waals surface area (Å²) < 4.78 is 2.01. The van der Waals surface area contributed by atoms with Gasteiger partial charge in [0.1, 0.15) is 5.52 Å². The second kappa shape index (κ2) is 7.66. The molecule has 0 spiro atoms. The van der Waals surface area contributed by atoms with E-state index < -0.39 is 0 Å². The molecule has 0 bridgehead atoms. The van der Waals surface area contributed by atoms with Crippen molar-refractivity contribution in [1.29, 1.82) is 0 Å². The Morgan fingerprint density at radius 1 is 1.06 bits per heavy atom. The number of hydrogen-bond donors (Lipinski definition) is 1. The molecule has 2 aliphatic carbocycles. The van der Waals surface area contributed by atoms with E-state index >= 15 is 0 Å². The van der Waals surface area contributed by atoms with Crippen LogP contribution in [0.1, 0.15) is 60.5 Å². The Labute approximate surface area is 182 Å². The minimum absolute atomic E-state index is 0.00214. The zero-order valence-electron chi connectivity index (χ0n) is 17.9. The van der Waals surface area contributed by atoms with Gasteiger partial charge in [-0.05, 0) is 62.5 Å². The lowest BCUT2D eigenvalue weighted by molar-refractivity contribution is -0.126. The maximum Gasteiger partial charge on any atom is 0.225 e. The molecule has 0 radical (unpaired) electrons. The van der Waals surface area contributed by atoms with Gasteiger partial charge >= 0.3 is 0 Å². The number of nitrogens with zero attached hydrogens (tertiary/aromatic N) is 4. The first-order valence-electron chi connectivity index (χ1n) is 11.8. The van der Waals surface area contributed by atoms with Crippen LogP contribution in [0.25, 0.3) is 5.52 Å². The topological polar surface area (TPSA) is 62.5 Å². The molecule has 3 aromatic rings. The van der Waals surface area contributed by atoms with Crippen LogP contribution in [0.5, 0.6) is 0 Å². The maximum absolute atomic E-state index is 13.2. The van der Waals surface area contributed by atoms with Gasteiger partial charge in [0.25, 0.3) is 0 Å². The van der Waals surface area contributed by atoms with Gasteiger partial charge < -0.3 is 10.2 Å². The minimum Gasteiger partial charge on any atom is -0.354 e. The van der Waals surface area contributed by atoms with Crippen LogP contribution in [0.3, 0.4) is 0 Å². The molecule has 2 atom stereocenters. The Bertz CT molecular complexity index is 1140. The van der Waals surface area contributed by atoms with Crippen molar-refractivity contribution in [1.82, 2.24) is 19.9 Å². The average Bonchev–Trinajstić information content (AvgIpc) is 3.40.